The number of rotatable bonds is 0. The molecule has 0 aromatic carbocycles. The van der Waals surface area contributed by atoms with E-state index in [1.807, 2.05) is 0 Å². The molecule has 0 aromatic heterocycles. The average molecular weight is 308 g/mol. The van der Waals surface area contributed by atoms with Gasteiger partial charge in [-0.1, -0.05) is 13.8 Å². The highest BCUT2D eigenvalue weighted by atomic mass is 16.5. The van der Waals surface area contributed by atoms with Gasteiger partial charge in [-0.25, -0.2) is 0 Å². The Balaban J connectivity index is 1.69. The molecule has 0 radical (unpaired) electrons. The van der Waals surface area contributed by atoms with Crippen molar-refractivity contribution in [3.8, 4) is 0 Å². The van der Waals surface area contributed by atoms with Crippen molar-refractivity contribution in [2.45, 2.75) is 77.1 Å². The maximum Gasteiger partial charge on any atom is 0.309 e. The predicted molar refractivity (Wildman–Crippen MR) is 80.9 cm³/mol. The van der Waals surface area contributed by atoms with Gasteiger partial charge < -0.3 is 14.9 Å². The molecule has 3 saturated carbocycles. The van der Waals surface area contributed by atoms with Gasteiger partial charge in [-0.2, -0.15) is 0 Å². The Morgan fingerprint density at radius 2 is 1.68 bits per heavy atom. The summed E-state index contributed by atoms with van der Waals surface area (Å²) in [4.78, 5) is 12.7. The van der Waals surface area contributed by atoms with Crippen LogP contribution in [0.1, 0.15) is 58.8 Å². The molecule has 4 heteroatoms. The molecule has 22 heavy (non-hydrogen) atoms. The zero-order chi connectivity index (χ0) is 15.7. The SMILES string of the molecule is C[C@]12CC[C@H](O)C[C@H]1OC(=O)[C@@H]1[C@@H]2CC[C@]2(C)[C@@H](O)CC[C@@H]12. The summed E-state index contributed by atoms with van der Waals surface area (Å²) in [6, 6.07) is 0. The van der Waals surface area contributed by atoms with E-state index >= 15 is 0 Å². The monoisotopic (exact) mass is 308 g/mol. The molecule has 4 nitrogen and oxygen atoms in total. The Labute approximate surface area is 132 Å². The molecular weight excluding hydrogens is 280 g/mol. The van der Waals surface area contributed by atoms with Crippen molar-refractivity contribution in [2.75, 3.05) is 0 Å². The first-order valence-corrected chi connectivity index (χ1v) is 8.93. The van der Waals surface area contributed by atoms with Crippen molar-refractivity contribution in [1.29, 1.82) is 0 Å². The molecule has 4 rings (SSSR count). The first-order chi connectivity index (χ1) is 10.4. The van der Waals surface area contributed by atoms with E-state index in [1.54, 1.807) is 0 Å². The van der Waals surface area contributed by atoms with Crippen LogP contribution < -0.4 is 0 Å². The number of esters is 1. The van der Waals surface area contributed by atoms with Gasteiger partial charge in [0.2, 0.25) is 0 Å². The van der Waals surface area contributed by atoms with Crippen molar-refractivity contribution in [1.82, 2.24) is 0 Å². The van der Waals surface area contributed by atoms with Crippen molar-refractivity contribution in [3.05, 3.63) is 0 Å². The zero-order valence-corrected chi connectivity index (χ0v) is 13.6. The standard InChI is InChI=1S/C18H28O4/c1-17-8-6-12-15(11(17)3-4-13(17)20)16(21)22-14-9-10(19)5-7-18(12,14)2/h10-15,19-20H,3-9H2,1-2H3/t10-,11-,12-,13-,14+,15-,17-,18+/m0/s1. The number of hydrogen-bond acceptors (Lipinski definition) is 4. The van der Waals surface area contributed by atoms with Crippen molar-refractivity contribution < 1.29 is 19.7 Å². The molecule has 4 aliphatic rings. The van der Waals surface area contributed by atoms with Crippen LogP contribution in [0.15, 0.2) is 0 Å². The van der Waals surface area contributed by atoms with Crippen LogP contribution in [-0.2, 0) is 9.53 Å². The summed E-state index contributed by atoms with van der Waals surface area (Å²) in [6.45, 7) is 4.43. The third-order valence-corrected chi connectivity index (χ3v) is 7.84. The first-order valence-electron chi connectivity index (χ1n) is 8.93. The van der Waals surface area contributed by atoms with Crippen LogP contribution in [0.25, 0.3) is 0 Å². The molecule has 2 N–H and O–H groups in total. The maximum atomic E-state index is 12.7. The van der Waals surface area contributed by atoms with E-state index in [4.69, 9.17) is 4.74 Å². The van der Waals surface area contributed by atoms with E-state index in [1.165, 1.54) is 0 Å². The third kappa shape index (κ3) is 1.80. The Bertz CT molecular complexity index is 491. The molecule has 0 aromatic rings. The molecule has 8 atom stereocenters. The summed E-state index contributed by atoms with van der Waals surface area (Å²) in [5, 5.41) is 20.4. The second-order valence-corrected chi connectivity index (χ2v) is 8.74. The van der Waals surface area contributed by atoms with Crippen LogP contribution in [0, 0.1) is 28.6 Å². The van der Waals surface area contributed by atoms with E-state index in [9.17, 15) is 15.0 Å². The van der Waals surface area contributed by atoms with Crippen LogP contribution >= 0.6 is 0 Å². The highest BCUT2D eigenvalue weighted by Gasteiger charge is 2.63. The Morgan fingerprint density at radius 3 is 2.45 bits per heavy atom. The summed E-state index contributed by atoms with van der Waals surface area (Å²) in [6.07, 6.45) is 5.40. The molecular formula is C18H28O4. The fourth-order valence-corrected chi connectivity index (χ4v) is 6.28. The number of aliphatic hydroxyl groups excluding tert-OH is 2. The van der Waals surface area contributed by atoms with E-state index in [2.05, 4.69) is 13.8 Å². The Morgan fingerprint density at radius 1 is 1.00 bits per heavy atom. The molecule has 4 fully saturated rings. The Hall–Kier alpha value is -0.610. The molecule has 3 aliphatic carbocycles. The summed E-state index contributed by atoms with van der Waals surface area (Å²) in [5.74, 6) is 0.506. The lowest BCUT2D eigenvalue weighted by molar-refractivity contribution is -0.216. The molecule has 0 amide bonds. The van der Waals surface area contributed by atoms with Crippen molar-refractivity contribution >= 4 is 5.97 Å². The minimum absolute atomic E-state index is 0.00663. The van der Waals surface area contributed by atoms with Gasteiger partial charge in [-0.3, -0.25) is 4.79 Å². The predicted octanol–water partition coefficient (Wildman–Crippen LogP) is 2.27. The van der Waals surface area contributed by atoms with Gasteiger partial charge in [0.05, 0.1) is 18.1 Å². The minimum Gasteiger partial charge on any atom is -0.461 e. The minimum atomic E-state index is -0.329. The lowest BCUT2D eigenvalue weighted by Gasteiger charge is -2.58. The number of hydrogen-bond donors (Lipinski definition) is 2. The number of ether oxygens (including phenoxy) is 1. The molecule has 124 valence electrons. The summed E-state index contributed by atoms with van der Waals surface area (Å²) >= 11 is 0. The van der Waals surface area contributed by atoms with Crippen LogP contribution in [0.5, 0.6) is 0 Å². The first kappa shape index (κ1) is 14.9. The summed E-state index contributed by atoms with van der Waals surface area (Å²) in [7, 11) is 0. The molecule has 1 heterocycles. The topological polar surface area (TPSA) is 66.8 Å². The van der Waals surface area contributed by atoms with Gasteiger partial charge in [0, 0.05) is 11.8 Å². The van der Waals surface area contributed by atoms with Crippen LogP contribution in [-0.4, -0.2) is 34.5 Å². The fraction of sp³-hybridized carbons (Fsp3) is 0.944. The maximum absolute atomic E-state index is 12.7. The normalized spacial score (nSPS) is 57.5. The lowest BCUT2D eigenvalue weighted by atomic mass is 9.50. The molecule has 0 bridgehead atoms. The van der Waals surface area contributed by atoms with Gasteiger partial charge in [0.25, 0.3) is 0 Å². The average Bonchev–Trinajstić information content (AvgIpc) is 2.77. The fourth-order valence-electron chi connectivity index (χ4n) is 6.28. The number of carbonyl (C=O) groups excluding carboxylic acids is 1. The van der Waals surface area contributed by atoms with Gasteiger partial charge in [0.1, 0.15) is 6.10 Å². The highest BCUT2D eigenvalue weighted by Crippen LogP contribution is 2.63. The van der Waals surface area contributed by atoms with Gasteiger partial charge in [-0.15, -0.1) is 0 Å². The molecule has 0 spiro atoms. The quantitative estimate of drug-likeness (QED) is 0.674. The zero-order valence-electron chi connectivity index (χ0n) is 13.6. The van der Waals surface area contributed by atoms with E-state index in [-0.39, 0.29) is 46.9 Å². The van der Waals surface area contributed by atoms with Crippen LogP contribution in [0.2, 0.25) is 0 Å². The lowest BCUT2D eigenvalue weighted by Crippen LogP contribution is -2.60. The molecule has 1 aliphatic heterocycles. The van der Waals surface area contributed by atoms with E-state index < -0.39 is 0 Å². The van der Waals surface area contributed by atoms with E-state index in [0.29, 0.717) is 12.3 Å². The summed E-state index contributed by atoms with van der Waals surface area (Å²) < 4.78 is 5.84. The van der Waals surface area contributed by atoms with Crippen LogP contribution in [0.4, 0.5) is 0 Å². The number of carbonyl (C=O) groups is 1. The van der Waals surface area contributed by atoms with Crippen LogP contribution in [0.3, 0.4) is 0 Å². The van der Waals surface area contributed by atoms with Gasteiger partial charge in [-0.05, 0) is 55.8 Å². The van der Waals surface area contributed by atoms with Crippen molar-refractivity contribution in [3.63, 3.8) is 0 Å². The number of fused-ring (bicyclic) bond motifs is 5. The number of aliphatic hydroxyl groups is 2. The van der Waals surface area contributed by atoms with E-state index in [0.717, 1.165) is 38.5 Å². The second-order valence-electron chi connectivity index (χ2n) is 8.74. The van der Waals surface area contributed by atoms with Gasteiger partial charge in [0.15, 0.2) is 0 Å². The second kappa shape index (κ2) is 4.70. The molecule has 0 unspecified atom stereocenters. The smallest absolute Gasteiger partial charge is 0.309 e. The highest BCUT2D eigenvalue weighted by molar-refractivity contribution is 5.75. The largest absolute Gasteiger partial charge is 0.461 e. The van der Waals surface area contributed by atoms with Crippen molar-refractivity contribution in [2.24, 2.45) is 28.6 Å². The molecule has 1 saturated heterocycles. The summed E-state index contributed by atoms with van der Waals surface area (Å²) in [5.41, 5.74) is -0.107. The van der Waals surface area contributed by atoms with Gasteiger partial charge >= 0.3 is 5.97 Å². The third-order valence-electron chi connectivity index (χ3n) is 7.84. The Kier molecular flexibility index (Phi) is 3.19.